The zero-order valence-electron chi connectivity index (χ0n) is 18.2. The van der Waals surface area contributed by atoms with E-state index in [1.165, 1.54) is 11.0 Å². The normalized spacial score (nSPS) is 19.1. The highest BCUT2D eigenvalue weighted by molar-refractivity contribution is 6.06. The molecule has 0 radical (unpaired) electrons. The topological polar surface area (TPSA) is 95.6 Å². The third-order valence-corrected chi connectivity index (χ3v) is 5.97. The lowest BCUT2D eigenvalue weighted by Crippen LogP contribution is -2.52. The Labute approximate surface area is 199 Å². The van der Waals surface area contributed by atoms with Crippen LogP contribution in [0.15, 0.2) is 42.5 Å². The van der Waals surface area contributed by atoms with Gasteiger partial charge in [0.05, 0.1) is 5.56 Å². The van der Waals surface area contributed by atoms with Crippen LogP contribution in [0.4, 0.5) is 26.3 Å². The van der Waals surface area contributed by atoms with Gasteiger partial charge < -0.3 is 10.2 Å². The van der Waals surface area contributed by atoms with Crippen molar-refractivity contribution in [3.63, 3.8) is 0 Å². The lowest BCUT2D eigenvalue weighted by atomic mass is 9.98. The first kappa shape index (κ1) is 25.2. The van der Waals surface area contributed by atoms with Crippen molar-refractivity contribution < 1.29 is 45.5 Å². The van der Waals surface area contributed by atoms with Crippen LogP contribution in [-0.4, -0.2) is 40.7 Å². The lowest BCUT2D eigenvalue weighted by Gasteiger charge is -2.29. The van der Waals surface area contributed by atoms with Gasteiger partial charge in [0.25, 0.3) is 11.8 Å². The largest absolute Gasteiger partial charge is 0.416 e. The van der Waals surface area contributed by atoms with Crippen molar-refractivity contribution in [3.8, 4) is 0 Å². The molecule has 190 valence electrons. The van der Waals surface area contributed by atoms with E-state index in [4.69, 9.17) is 0 Å². The van der Waals surface area contributed by atoms with Crippen molar-refractivity contribution in [1.29, 1.82) is 0 Å². The van der Waals surface area contributed by atoms with Crippen LogP contribution in [0, 0.1) is 0 Å². The van der Waals surface area contributed by atoms with Crippen LogP contribution in [0.25, 0.3) is 0 Å². The van der Waals surface area contributed by atoms with Gasteiger partial charge in [0.2, 0.25) is 11.8 Å². The lowest BCUT2D eigenvalue weighted by molar-refractivity contribution is -0.160. The van der Waals surface area contributed by atoms with Gasteiger partial charge in [0, 0.05) is 24.1 Å². The van der Waals surface area contributed by atoms with Crippen LogP contribution in [0.5, 0.6) is 0 Å². The second-order valence-electron chi connectivity index (χ2n) is 8.30. The van der Waals surface area contributed by atoms with Crippen molar-refractivity contribution in [3.05, 3.63) is 70.3 Å². The number of rotatable bonds is 4. The highest BCUT2D eigenvalue weighted by Crippen LogP contribution is 2.40. The van der Waals surface area contributed by atoms with E-state index >= 15 is 0 Å². The van der Waals surface area contributed by atoms with Gasteiger partial charge in [-0.1, -0.05) is 18.2 Å². The van der Waals surface area contributed by atoms with Crippen molar-refractivity contribution >= 4 is 23.6 Å². The Hall–Kier alpha value is -3.90. The zero-order chi connectivity index (χ0) is 26.4. The SMILES string of the molecule is O=C1CCC(N2Cc3cc(C(=O)N[C@H](c4ccccc4C(F)(F)F)C(F)(F)F)ccc3C2=O)C(=O)N1. The van der Waals surface area contributed by atoms with Crippen LogP contribution < -0.4 is 10.6 Å². The summed E-state index contributed by atoms with van der Waals surface area (Å²) in [5.41, 5.74) is -2.65. The molecule has 0 aliphatic carbocycles. The molecule has 36 heavy (non-hydrogen) atoms. The molecule has 2 aromatic rings. The van der Waals surface area contributed by atoms with E-state index in [0.29, 0.717) is 12.1 Å². The number of benzene rings is 2. The minimum atomic E-state index is -5.24. The Morgan fingerprint density at radius 3 is 2.36 bits per heavy atom. The second kappa shape index (κ2) is 8.95. The fourth-order valence-corrected chi connectivity index (χ4v) is 4.27. The van der Waals surface area contributed by atoms with Gasteiger partial charge in [-0.25, -0.2) is 0 Å². The molecule has 2 aromatic carbocycles. The van der Waals surface area contributed by atoms with E-state index in [-0.39, 0.29) is 36.1 Å². The van der Waals surface area contributed by atoms with Gasteiger partial charge in [-0.2, -0.15) is 26.3 Å². The minimum Gasteiger partial charge on any atom is -0.337 e. The minimum absolute atomic E-state index is 0.0163. The van der Waals surface area contributed by atoms with E-state index in [1.54, 1.807) is 5.32 Å². The van der Waals surface area contributed by atoms with Gasteiger partial charge in [-0.3, -0.25) is 24.5 Å². The summed E-state index contributed by atoms with van der Waals surface area (Å²) >= 11 is 0. The Morgan fingerprint density at radius 2 is 1.72 bits per heavy atom. The molecule has 1 saturated heterocycles. The van der Waals surface area contributed by atoms with Gasteiger partial charge in [-0.15, -0.1) is 0 Å². The van der Waals surface area contributed by atoms with Gasteiger partial charge in [-0.05, 0) is 41.8 Å². The Bertz CT molecular complexity index is 1260. The predicted octanol–water partition coefficient (Wildman–Crippen LogP) is 3.50. The first-order chi connectivity index (χ1) is 16.8. The summed E-state index contributed by atoms with van der Waals surface area (Å²) in [6, 6.07) is 2.61. The summed E-state index contributed by atoms with van der Waals surface area (Å²) in [5.74, 6) is -3.00. The molecule has 4 rings (SSSR count). The molecular weight excluding hydrogens is 496 g/mol. The third-order valence-electron chi connectivity index (χ3n) is 5.97. The second-order valence-corrected chi connectivity index (χ2v) is 8.30. The number of halogens is 6. The summed E-state index contributed by atoms with van der Waals surface area (Å²) in [4.78, 5) is 50.1. The van der Waals surface area contributed by atoms with Crippen LogP contribution in [0.3, 0.4) is 0 Å². The number of imide groups is 1. The average Bonchev–Trinajstić information content (AvgIpc) is 3.11. The molecule has 0 aromatic heterocycles. The molecule has 0 bridgehead atoms. The van der Waals surface area contributed by atoms with Crippen LogP contribution in [0.2, 0.25) is 0 Å². The molecular formula is C23H17F6N3O4. The average molecular weight is 513 g/mol. The Balaban J connectivity index is 1.59. The molecule has 2 N–H and O–H groups in total. The molecule has 2 atom stereocenters. The summed E-state index contributed by atoms with van der Waals surface area (Å²) in [5, 5.41) is 3.75. The monoisotopic (exact) mass is 513 g/mol. The molecule has 1 fully saturated rings. The number of nitrogens with zero attached hydrogens (tertiary/aromatic N) is 1. The molecule has 1 unspecified atom stereocenters. The number of carbonyl (C=O) groups is 4. The van der Waals surface area contributed by atoms with Gasteiger partial charge >= 0.3 is 12.4 Å². The van der Waals surface area contributed by atoms with E-state index in [0.717, 1.165) is 24.3 Å². The summed E-state index contributed by atoms with van der Waals surface area (Å²) in [6.45, 7) is -0.138. The maximum atomic E-state index is 13.7. The fraction of sp³-hybridized carbons (Fsp3) is 0.304. The highest BCUT2D eigenvalue weighted by Gasteiger charge is 2.47. The summed E-state index contributed by atoms with van der Waals surface area (Å²) in [7, 11) is 0. The quantitative estimate of drug-likeness (QED) is 0.484. The van der Waals surface area contributed by atoms with Crippen LogP contribution in [0.1, 0.15) is 56.3 Å². The maximum Gasteiger partial charge on any atom is 0.416 e. The maximum absolute atomic E-state index is 13.7. The van der Waals surface area contributed by atoms with E-state index in [2.05, 4.69) is 5.32 Å². The van der Waals surface area contributed by atoms with Crippen molar-refractivity contribution in [2.24, 2.45) is 0 Å². The zero-order valence-corrected chi connectivity index (χ0v) is 18.2. The van der Waals surface area contributed by atoms with Crippen molar-refractivity contribution in [2.45, 2.75) is 43.8 Å². The number of carbonyl (C=O) groups excluding carboxylic acids is 4. The number of piperidine rings is 1. The fourth-order valence-electron chi connectivity index (χ4n) is 4.27. The molecule has 2 aliphatic heterocycles. The molecule has 4 amide bonds. The van der Waals surface area contributed by atoms with Crippen molar-refractivity contribution in [1.82, 2.24) is 15.5 Å². The molecule has 7 nitrogen and oxygen atoms in total. The molecule has 13 heteroatoms. The van der Waals surface area contributed by atoms with E-state index < -0.39 is 59.2 Å². The summed E-state index contributed by atoms with van der Waals surface area (Å²) in [6.07, 6.45) is -10.2. The molecule has 0 saturated carbocycles. The number of hydrogen-bond donors (Lipinski definition) is 2. The standard InChI is InChI=1S/C23H17F6N3O4/c24-22(25,26)15-4-2-1-3-14(15)18(23(27,28)29)31-19(34)11-5-6-13-12(9-11)10-32(21(13)36)16-7-8-17(33)30-20(16)35/h1-6,9,16,18H,7-8,10H2,(H,31,34)(H,30,33,35)/t16?,18-/m1/s1. The molecule has 2 aliphatic rings. The van der Waals surface area contributed by atoms with Crippen LogP contribution in [-0.2, 0) is 22.3 Å². The number of fused-ring (bicyclic) bond motifs is 1. The Kier molecular flexibility index (Phi) is 6.27. The Morgan fingerprint density at radius 1 is 1.03 bits per heavy atom. The van der Waals surface area contributed by atoms with Gasteiger partial charge in [0.15, 0.2) is 6.04 Å². The van der Waals surface area contributed by atoms with Crippen molar-refractivity contribution in [2.75, 3.05) is 0 Å². The van der Waals surface area contributed by atoms with E-state index in [9.17, 15) is 45.5 Å². The molecule has 0 spiro atoms. The van der Waals surface area contributed by atoms with Crippen LogP contribution >= 0.6 is 0 Å². The number of alkyl halides is 6. The van der Waals surface area contributed by atoms with Gasteiger partial charge in [0.1, 0.15) is 6.04 Å². The highest BCUT2D eigenvalue weighted by atomic mass is 19.4. The van der Waals surface area contributed by atoms with E-state index in [1.807, 2.05) is 0 Å². The first-order valence-corrected chi connectivity index (χ1v) is 10.6. The number of nitrogens with one attached hydrogen (secondary N) is 2. The third kappa shape index (κ3) is 4.77. The number of hydrogen-bond acceptors (Lipinski definition) is 4. The first-order valence-electron chi connectivity index (χ1n) is 10.6. The smallest absolute Gasteiger partial charge is 0.337 e. The summed E-state index contributed by atoms with van der Waals surface area (Å²) < 4.78 is 81.2. The molecule has 2 heterocycles. The number of amides is 4. The predicted molar refractivity (Wildman–Crippen MR) is 110 cm³/mol.